The molecule has 0 bridgehead atoms. The van der Waals surface area contributed by atoms with Crippen molar-refractivity contribution in [1.29, 1.82) is 0 Å². The van der Waals surface area contributed by atoms with Crippen LogP contribution in [0.2, 0.25) is 0 Å². The van der Waals surface area contributed by atoms with Crippen LogP contribution in [0.25, 0.3) is 22.2 Å². The second kappa shape index (κ2) is 11.1. The minimum atomic E-state index is 0.379. The predicted molar refractivity (Wildman–Crippen MR) is 134 cm³/mol. The van der Waals surface area contributed by atoms with Gasteiger partial charge in [-0.2, -0.15) is 10.2 Å². The lowest BCUT2D eigenvalue weighted by molar-refractivity contribution is 0.160. The van der Waals surface area contributed by atoms with E-state index in [2.05, 4.69) is 57.6 Å². The normalized spacial score (nSPS) is 11.6. The fraction of sp³-hybridized carbons (Fsp3) is 0.400. The Bertz CT molecular complexity index is 1220. The molecule has 4 heterocycles. The van der Waals surface area contributed by atoms with E-state index in [4.69, 9.17) is 9.72 Å². The minimum absolute atomic E-state index is 0.379. The molecule has 0 radical (unpaired) electrons. The molecule has 0 atom stereocenters. The first kappa shape index (κ1) is 23.7. The lowest BCUT2D eigenvalue weighted by atomic mass is 10.1. The lowest BCUT2D eigenvalue weighted by Gasteiger charge is -2.15. The number of nitrogens with zero attached hydrogens (tertiary/aromatic N) is 7. The Labute approximate surface area is 200 Å². The van der Waals surface area contributed by atoms with Crippen LogP contribution in [0.4, 0.5) is 11.6 Å². The molecule has 178 valence electrons. The molecule has 0 aliphatic carbocycles. The Hall–Kier alpha value is -3.43. The van der Waals surface area contributed by atoms with Gasteiger partial charge in [-0.1, -0.05) is 13.8 Å². The Balaban J connectivity index is 1.44. The second-order valence-corrected chi connectivity index (χ2v) is 8.75. The summed E-state index contributed by atoms with van der Waals surface area (Å²) in [6.07, 6.45) is 8.63. The van der Waals surface area contributed by atoms with Crippen molar-refractivity contribution in [3.8, 4) is 11.1 Å². The average Bonchev–Trinajstić information content (AvgIpc) is 3.31. The maximum atomic E-state index is 5.13. The van der Waals surface area contributed by atoms with Crippen molar-refractivity contribution in [2.75, 3.05) is 39.2 Å². The number of likely N-dealkylation sites (N-methyl/N-ethyl adjacent to an activating group) is 1. The van der Waals surface area contributed by atoms with E-state index < -0.39 is 0 Å². The highest BCUT2D eigenvalue weighted by Gasteiger charge is 2.08. The molecule has 4 aromatic rings. The maximum absolute atomic E-state index is 5.13. The summed E-state index contributed by atoms with van der Waals surface area (Å²) in [7, 11) is 3.84. The zero-order valence-electron chi connectivity index (χ0n) is 20.3. The zero-order chi connectivity index (χ0) is 23.9. The molecular formula is C25H32N8O. The summed E-state index contributed by atoms with van der Waals surface area (Å²) in [5.41, 5.74) is 4.78. The van der Waals surface area contributed by atoms with Crippen molar-refractivity contribution in [2.24, 2.45) is 0 Å². The Kier molecular flexibility index (Phi) is 7.76. The first-order valence-electron chi connectivity index (χ1n) is 11.6. The van der Waals surface area contributed by atoms with Gasteiger partial charge in [0.05, 0.1) is 30.0 Å². The highest BCUT2D eigenvalue weighted by Crippen LogP contribution is 2.24. The molecule has 34 heavy (non-hydrogen) atoms. The maximum Gasteiger partial charge on any atom is 0.154 e. The molecular weight excluding hydrogens is 428 g/mol. The largest absolute Gasteiger partial charge is 0.383 e. The molecule has 0 unspecified atom stereocenters. The third-order valence-corrected chi connectivity index (χ3v) is 5.71. The van der Waals surface area contributed by atoms with E-state index >= 15 is 0 Å². The van der Waals surface area contributed by atoms with Crippen LogP contribution in [0.5, 0.6) is 0 Å². The Morgan fingerprint density at radius 3 is 2.74 bits per heavy atom. The summed E-state index contributed by atoms with van der Waals surface area (Å²) in [4.78, 5) is 11.6. The number of rotatable bonds is 11. The molecule has 0 saturated carbocycles. The summed E-state index contributed by atoms with van der Waals surface area (Å²) in [5.74, 6) is 1.76. The van der Waals surface area contributed by atoms with Crippen molar-refractivity contribution < 1.29 is 4.74 Å². The highest BCUT2D eigenvalue weighted by atomic mass is 16.5. The number of hydrogen-bond donors (Lipinski definition) is 1. The van der Waals surface area contributed by atoms with Crippen LogP contribution in [-0.4, -0.2) is 68.7 Å². The van der Waals surface area contributed by atoms with E-state index in [9.17, 15) is 0 Å². The number of anilines is 2. The molecule has 4 aromatic heterocycles. The predicted octanol–water partition coefficient (Wildman–Crippen LogP) is 4.12. The van der Waals surface area contributed by atoms with Crippen molar-refractivity contribution in [1.82, 2.24) is 34.8 Å². The van der Waals surface area contributed by atoms with Crippen LogP contribution in [0, 0.1) is 0 Å². The average molecular weight is 461 g/mol. The van der Waals surface area contributed by atoms with Gasteiger partial charge in [0.25, 0.3) is 0 Å². The van der Waals surface area contributed by atoms with Gasteiger partial charge in [-0.3, -0.25) is 9.67 Å². The number of aromatic nitrogens is 6. The van der Waals surface area contributed by atoms with Gasteiger partial charge < -0.3 is 15.0 Å². The smallest absolute Gasteiger partial charge is 0.154 e. The summed E-state index contributed by atoms with van der Waals surface area (Å²) in [5, 5.41) is 16.1. The van der Waals surface area contributed by atoms with Gasteiger partial charge in [-0.15, -0.1) is 5.10 Å². The van der Waals surface area contributed by atoms with E-state index in [-0.39, 0.29) is 0 Å². The standard InChI is InChI=1S/C25H32N8O/c1-18(2)19-13-25(31-27-15-19)30-24-7-6-22-23(29-24)12-20(14-26-22)21-16-28-33(17-21)9-5-8-32(3)10-11-34-4/h6-7,12-18H,5,8-11H2,1-4H3,(H,29,30,31). The molecule has 0 fully saturated rings. The van der Waals surface area contributed by atoms with Crippen molar-refractivity contribution >= 4 is 22.7 Å². The van der Waals surface area contributed by atoms with Gasteiger partial charge in [0.15, 0.2) is 5.82 Å². The third-order valence-electron chi connectivity index (χ3n) is 5.71. The molecule has 0 saturated heterocycles. The Morgan fingerprint density at radius 1 is 1.03 bits per heavy atom. The van der Waals surface area contributed by atoms with Gasteiger partial charge in [0.2, 0.25) is 0 Å². The van der Waals surface area contributed by atoms with Crippen molar-refractivity contribution in [2.45, 2.75) is 32.7 Å². The quantitative estimate of drug-likeness (QED) is 0.357. The van der Waals surface area contributed by atoms with Gasteiger partial charge in [-0.05, 0) is 55.8 Å². The number of fused-ring (bicyclic) bond motifs is 1. The SMILES string of the molecule is COCCN(C)CCCn1cc(-c2cnc3ccc(Nc4cc(C(C)C)cnn4)nc3c2)cn1. The topological polar surface area (TPSA) is 93.9 Å². The second-order valence-electron chi connectivity index (χ2n) is 8.75. The van der Waals surface area contributed by atoms with Crippen LogP contribution in [0.1, 0.15) is 31.7 Å². The summed E-state index contributed by atoms with van der Waals surface area (Å²) in [6, 6.07) is 7.91. The molecule has 9 nitrogen and oxygen atoms in total. The van der Waals surface area contributed by atoms with Gasteiger partial charge in [0, 0.05) is 43.7 Å². The minimum Gasteiger partial charge on any atom is -0.383 e. The number of methoxy groups -OCH3 is 1. The summed E-state index contributed by atoms with van der Waals surface area (Å²) in [6.45, 7) is 7.81. The molecule has 0 aromatic carbocycles. The first-order chi connectivity index (χ1) is 16.5. The molecule has 4 rings (SSSR count). The fourth-order valence-corrected chi connectivity index (χ4v) is 3.62. The van der Waals surface area contributed by atoms with Crippen LogP contribution in [0.15, 0.2) is 49.1 Å². The number of pyridine rings is 2. The molecule has 0 aliphatic rings. The van der Waals surface area contributed by atoms with E-state index in [0.717, 1.165) is 60.4 Å². The van der Waals surface area contributed by atoms with Gasteiger partial charge >= 0.3 is 0 Å². The lowest BCUT2D eigenvalue weighted by Crippen LogP contribution is -2.24. The summed E-state index contributed by atoms with van der Waals surface area (Å²) < 4.78 is 7.11. The molecule has 0 amide bonds. The molecule has 0 spiro atoms. The van der Waals surface area contributed by atoms with Crippen LogP contribution >= 0.6 is 0 Å². The van der Waals surface area contributed by atoms with E-state index in [1.165, 1.54) is 0 Å². The third kappa shape index (κ3) is 6.12. The van der Waals surface area contributed by atoms with Crippen molar-refractivity contribution in [3.05, 3.63) is 54.6 Å². The molecule has 0 aliphatic heterocycles. The number of ether oxygens (including phenoxy) is 1. The zero-order valence-corrected chi connectivity index (χ0v) is 20.3. The van der Waals surface area contributed by atoms with E-state index in [1.54, 1.807) is 13.3 Å². The highest BCUT2D eigenvalue weighted by molar-refractivity contribution is 5.81. The number of aryl methyl sites for hydroxylation is 1. The molecule has 9 heteroatoms. The van der Waals surface area contributed by atoms with Crippen molar-refractivity contribution in [3.63, 3.8) is 0 Å². The van der Waals surface area contributed by atoms with Gasteiger partial charge in [0.1, 0.15) is 5.82 Å². The number of nitrogens with one attached hydrogen (secondary N) is 1. The van der Waals surface area contributed by atoms with Crippen LogP contribution in [-0.2, 0) is 11.3 Å². The fourth-order valence-electron chi connectivity index (χ4n) is 3.62. The van der Waals surface area contributed by atoms with Gasteiger partial charge in [-0.25, -0.2) is 4.98 Å². The molecule has 1 N–H and O–H groups in total. The van der Waals surface area contributed by atoms with Crippen LogP contribution in [0.3, 0.4) is 0 Å². The summed E-state index contributed by atoms with van der Waals surface area (Å²) >= 11 is 0. The first-order valence-corrected chi connectivity index (χ1v) is 11.6. The van der Waals surface area contributed by atoms with E-state index in [0.29, 0.717) is 17.6 Å². The number of hydrogen-bond acceptors (Lipinski definition) is 8. The van der Waals surface area contributed by atoms with E-state index in [1.807, 2.05) is 41.3 Å². The Morgan fingerprint density at radius 2 is 1.91 bits per heavy atom. The van der Waals surface area contributed by atoms with Crippen LogP contribution < -0.4 is 5.32 Å². The monoisotopic (exact) mass is 460 g/mol.